The highest BCUT2D eigenvalue weighted by Gasteiger charge is 2.16. The molecule has 0 amide bonds. The van der Waals surface area contributed by atoms with Crippen LogP contribution in [0.5, 0.6) is 0 Å². The first-order chi connectivity index (χ1) is 4.00. The molecule has 0 heterocycles. The predicted molar refractivity (Wildman–Crippen MR) is 42.3 cm³/mol. The van der Waals surface area contributed by atoms with Gasteiger partial charge in [0.25, 0.3) is 0 Å². The van der Waals surface area contributed by atoms with Gasteiger partial charge >= 0.3 is 0 Å². The molecule has 0 aliphatic rings. The Balaban J connectivity index is 3.85. The fourth-order valence-corrected chi connectivity index (χ4v) is 0.733. The Kier molecular flexibility index (Phi) is 2.92. The SMILES string of the molecule is C=C(C)C(C)(N)CCC. The molecule has 54 valence electrons. The Hall–Kier alpha value is -0.300. The van der Waals surface area contributed by atoms with Crippen molar-refractivity contribution >= 4 is 0 Å². The Morgan fingerprint density at radius 3 is 2.22 bits per heavy atom. The number of hydrogen-bond donors (Lipinski definition) is 1. The summed E-state index contributed by atoms with van der Waals surface area (Å²) in [6, 6.07) is 0. The fraction of sp³-hybridized carbons (Fsp3) is 0.750. The lowest BCUT2D eigenvalue weighted by molar-refractivity contribution is 0.498. The summed E-state index contributed by atoms with van der Waals surface area (Å²) in [6.45, 7) is 9.96. The van der Waals surface area contributed by atoms with Crippen molar-refractivity contribution in [2.75, 3.05) is 0 Å². The molecule has 0 aliphatic heterocycles. The van der Waals surface area contributed by atoms with Crippen LogP contribution in [0.1, 0.15) is 33.6 Å². The van der Waals surface area contributed by atoms with Gasteiger partial charge in [0, 0.05) is 5.54 Å². The van der Waals surface area contributed by atoms with Gasteiger partial charge in [0.2, 0.25) is 0 Å². The van der Waals surface area contributed by atoms with Gasteiger partial charge in [0.1, 0.15) is 0 Å². The third-order valence-corrected chi connectivity index (χ3v) is 1.74. The van der Waals surface area contributed by atoms with Crippen molar-refractivity contribution in [3.8, 4) is 0 Å². The molecular formula is C8H17N. The van der Waals surface area contributed by atoms with Gasteiger partial charge < -0.3 is 5.73 Å². The summed E-state index contributed by atoms with van der Waals surface area (Å²) in [4.78, 5) is 0. The van der Waals surface area contributed by atoms with Gasteiger partial charge in [-0.1, -0.05) is 25.5 Å². The predicted octanol–water partition coefficient (Wildman–Crippen LogP) is 2.08. The zero-order chi connectivity index (χ0) is 7.49. The molecule has 0 rings (SSSR count). The highest BCUT2D eigenvalue weighted by atomic mass is 14.7. The van der Waals surface area contributed by atoms with Crippen molar-refractivity contribution in [3.63, 3.8) is 0 Å². The van der Waals surface area contributed by atoms with E-state index in [-0.39, 0.29) is 5.54 Å². The maximum absolute atomic E-state index is 5.87. The minimum atomic E-state index is -0.144. The lowest BCUT2D eigenvalue weighted by atomic mass is 9.91. The molecular weight excluding hydrogens is 110 g/mol. The van der Waals surface area contributed by atoms with Crippen molar-refractivity contribution in [1.82, 2.24) is 0 Å². The van der Waals surface area contributed by atoms with Crippen LogP contribution in [0, 0.1) is 0 Å². The molecule has 0 bridgehead atoms. The molecule has 2 N–H and O–H groups in total. The van der Waals surface area contributed by atoms with Crippen molar-refractivity contribution in [2.45, 2.75) is 39.2 Å². The molecule has 1 unspecified atom stereocenters. The van der Waals surface area contributed by atoms with E-state index in [1.807, 2.05) is 13.8 Å². The molecule has 9 heavy (non-hydrogen) atoms. The van der Waals surface area contributed by atoms with Crippen LogP contribution in [0.4, 0.5) is 0 Å². The van der Waals surface area contributed by atoms with Crippen LogP contribution in [-0.2, 0) is 0 Å². The Morgan fingerprint density at radius 1 is 1.67 bits per heavy atom. The van der Waals surface area contributed by atoms with E-state index in [4.69, 9.17) is 5.73 Å². The summed E-state index contributed by atoms with van der Waals surface area (Å²) in [5.74, 6) is 0. The van der Waals surface area contributed by atoms with E-state index in [0.717, 1.165) is 18.4 Å². The molecule has 0 radical (unpaired) electrons. The van der Waals surface area contributed by atoms with Gasteiger partial charge in [0.15, 0.2) is 0 Å². The van der Waals surface area contributed by atoms with E-state index >= 15 is 0 Å². The number of nitrogens with two attached hydrogens (primary N) is 1. The van der Waals surface area contributed by atoms with Gasteiger partial charge in [-0.05, 0) is 20.3 Å². The van der Waals surface area contributed by atoms with Crippen molar-refractivity contribution < 1.29 is 0 Å². The van der Waals surface area contributed by atoms with Crippen molar-refractivity contribution in [1.29, 1.82) is 0 Å². The fourth-order valence-electron chi connectivity index (χ4n) is 0.733. The van der Waals surface area contributed by atoms with E-state index in [2.05, 4.69) is 13.5 Å². The maximum atomic E-state index is 5.87. The third kappa shape index (κ3) is 2.66. The van der Waals surface area contributed by atoms with Crippen LogP contribution >= 0.6 is 0 Å². The average molecular weight is 127 g/mol. The van der Waals surface area contributed by atoms with E-state index in [1.54, 1.807) is 0 Å². The van der Waals surface area contributed by atoms with E-state index in [9.17, 15) is 0 Å². The average Bonchev–Trinajstić information content (AvgIpc) is 1.65. The smallest absolute Gasteiger partial charge is 0.0334 e. The monoisotopic (exact) mass is 127 g/mol. The van der Waals surface area contributed by atoms with Gasteiger partial charge in [0.05, 0.1) is 0 Å². The van der Waals surface area contributed by atoms with Crippen LogP contribution in [0.2, 0.25) is 0 Å². The molecule has 1 nitrogen and oxygen atoms in total. The second-order valence-corrected chi connectivity index (χ2v) is 2.95. The molecule has 0 aliphatic carbocycles. The quantitative estimate of drug-likeness (QED) is 0.577. The second kappa shape index (κ2) is 3.02. The minimum absolute atomic E-state index is 0.144. The molecule has 1 atom stereocenters. The van der Waals surface area contributed by atoms with Crippen molar-refractivity contribution in [3.05, 3.63) is 12.2 Å². The van der Waals surface area contributed by atoms with Crippen LogP contribution in [0.15, 0.2) is 12.2 Å². The summed E-state index contributed by atoms with van der Waals surface area (Å²) in [5, 5.41) is 0. The molecule has 0 saturated heterocycles. The van der Waals surface area contributed by atoms with Gasteiger partial charge in [-0.2, -0.15) is 0 Å². The van der Waals surface area contributed by atoms with Crippen LogP contribution in [-0.4, -0.2) is 5.54 Å². The molecule has 0 aromatic carbocycles. The largest absolute Gasteiger partial charge is 0.322 e. The van der Waals surface area contributed by atoms with E-state index in [1.165, 1.54) is 0 Å². The molecule has 0 aromatic rings. The Morgan fingerprint density at radius 2 is 2.11 bits per heavy atom. The topological polar surface area (TPSA) is 26.0 Å². The normalized spacial score (nSPS) is 16.9. The highest BCUT2D eigenvalue weighted by Crippen LogP contribution is 2.16. The van der Waals surface area contributed by atoms with Crippen molar-refractivity contribution in [2.24, 2.45) is 5.73 Å². The summed E-state index contributed by atoms with van der Waals surface area (Å²) in [6.07, 6.45) is 2.15. The van der Waals surface area contributed by atoms with E-state index < -0.39 is 0 Å². The zero-order valence-corrected chi connectivity index (χ0v) is 6.70. The summed E-state index contributed by atoms with van der Waals surface area (Å²) >= 11 is 0. The van der Waals surface area contributed by atoms with E-state index in [0.29, 0.717) is 0 Å². The van der Waals surface area contributed by atoms with Crippen LogP contribution in [0.25, 0.3) is 0 Å². The molecule has 0 fully saturated rings. The Labute approximate surface area is 57.9 Å². The molecule has 1 heteroatoms. The maximum Gasteiger partial charge on any atom is 0.0334 e. The minimum Gasteiger partial charge on any atom is -0.322 e. The standard InChI is InChI=1S/C8H17N/c1-5-6-8(4,9)7(2)3/h2,5-6,9H2,1,3-4H3. The third-order valence-electron chi connectivity index (χ3n) is 1.74. The number of rotatable bonds is 3. The molecule has 0 saturated carbocycles. The lowest BCUT2D eigenvalue weighted by Crippen LogP contribution is -2.36. The first kappa shape index (κ1) is 8.70. The lowest BCUT2D eigenvalue weighted by Gasteiger charge is -2.23. The first-order valence-electron chi connectivity index (χ1n) is 3.45. The molecule has 0 spiro atoms. The highest BCUT2D eigenvalue weighted by molar-refractivity contribution is 5.09. The summed E-state index contributed by atoms with van der Waals surface area (Å²) < 4.78 is 0. The molecule has 0 aromatic heterocycles. The van der Waals surface area contributed by atoms with Crippen LogP contribution < -0.4 is 5.73 Å². The first-order valence-corrected chi connectivity index (χ1v) is 3.45. The van der Waals surface area contributed by atoms with Crippen LogP contribution in [0.3, 0.4) is 0 Å². The Bertz CT molecular complexity index is 103. The van der Waals surface area contributed by atoms with Gasteiger partial charge in [-0.15, -0.1) is 0 Å². The summed E-state index contributed by atoms with van der Waals surface area (Å²) in [7, 11) is 0. The number of hydrogen-bond acceptors (Lipinski definition) is 1. The zero-order valence-electron chi connectivity index (χ0n) is 6.70. The van der Waals surface area contributed by atoms with Gasteiger partial charge in [-0.25, -0.2) is 0 Å². The van der Waals surface area contributed by atoms with Gasteiger partial charge in [-0.3, -0.25) is 0 Å². The second-order valence-electron chi connectivity index (χ2n) is 2.95. The summed E-state index contributed by atoms with van der Waals surface area (Å²) in [5.41, 5.74) is 6.80.